The first-order chi connectivity index (χ1) is 13.4. The van der Waals surface area contributed by atoms with Gasteiger partial charge in [-0.3, -0.25) is 9.59 Å². The highest BCUT2D eigenvalue weighted by molar-refractivity contribution is 6.33. The Labute approximate surface area is 160 Å². The Morgan fingerprint density at radius 2 is 1.36 bits per heavy atom. The van der Waals surface area contributed by atoms with Crippen molar-refractivity contribution >= 4 is 28.6 Å². The van der Waals surface area contributed by atoms with Gasteiger partial charge in [0.05, 0.1) is 35.1 Å². The number of methoxy groups -OCH3 is 1. The van der Waals surface area contributed by atoms with E-state index in [9.17, 15) is 19.8 Å². The first kappa shape index (κ1) is 17.4. The smallest absolute Gasteiger partial charge is 0.202 e. The molecule has 7 heteroatoms. The highest BCUT2D eigenvalue weighted by atomic mass is 16.5. The summed E-state index contributed by atoms with van der Waals surface area (Å²) >= 11 is 0. The Morgan fingerprint density at radius 1 is 0.786 bits per heavy atom. The van der Waals surface area contributed by atoms with Crippen molar-refractivity contribution in [3.8, 4) is 17.2 Å². The van der Waals surface area contributed by atoms with Crippen LogP contribution in [-0.2, 0) is 0 Å². The molecular weight excluding hydrogens is 360 g/mol. The zero-order valence-electron chi connectivity index (χ0n) is 14.8. The van der Waals surface area contributed by atoms with E-state index in [1.807, 2.05) is 0 Å². The number of hydrogen-bond donors (Lipinski definition) is 4. The maximum Gasteiger partial charge on any atom is 0.202 e. The van der Waals surface area contributed by atoms with E-state index >= 15 is 0 Å². The molecule has 7 nitrogen and oxygen atoms in total. The number of fused-ring (bicyclic) bond motifs is 2. The normalized spacial score (nSPS) is 12.3. The number of rotatable bonds is 3. The van der Waals surface area contributed by atoms with Crippen molar-refractivity contribution in [2.24, 2.45) is 0 Å². The molecule has 0 saturated carbocycles. The van der Waals surface area contributed by atoms with Gasteiger partial charge in [0.2, 0.25) is 5.78 Å². The van der Waals surface area contributed by atoms with Crippen molar-refractivity contribution in [1.82, 2.24) is 0 Å². The molecular formula is C21H16N2O5. The van der Waals surface area contributed by atoms with Crippen LogP contribution in [0.4, 0.5) is 17.1 Å². The Kier molecular flexibility index (Phi) is 3.93. The van der Waals surface area contributed by atoms with Gasteiger partial charge in [0.15, 0.2) is 5.78 Å². The Morgan fingerprint density at radius 3 is 2.00 bits per heavy atom. The minimum absolute atomic E-state index is 0.00520. The molecule has 28 heavy (non-hydrogen) atoms. The van der Waals surface area contributed by atoms with Gasteiger partial charge in [-0.1, -0.05) is 0 Å². The summed E-state index contributed by atoms with van der Waals surface area (Å²) in [4.78, 5) is 26.1. The topological polar surface area (TPSA) is 122 Å². The highest BCUT2D eigenvalue weighted by Gasteiger charge is 2.37. The molecule has 0 fully saturated rings. The Hall–Kier alpha value is -4.00. The molecule has 0 unspecified atom stereocenters. The van der Waals surface area contributed by atoms with E-state index in [4.69, 9.17) is 10.5 Å². The highest BCUT2D eigenvalue weighted by Crippen LogP contribution is 2.42. The van der Waals surface area contributed by atoms with Crippen molar-refractivity contribution in [3.63, 3.8) is 0 Å². The molecule has 1 aliphatic rings. The van der Waals surface area contributed by atoms with Crippen LogP contribution in [0.3, 0.4) is 0 Å². The predicted octanol–water partition coefficient (Wildman–Crippen LogP) is 3.21. The van der Waals surface area contributed by atoms with Gasteiger partial charge in [-0.15, -0.1) is 0 Å². The lowest BCUT2D eigenvalue weighted by Crippen LogP contribution is -2.24. The molecule has 0 aliphatic heterocycles. The monoisotopic (exact) mass is 376 g/mol. The summed E-state index contributed by atoms with van der Waals surface area (Å²) in [5.41, 5.74) is 6.55. The van der Waals surface area contributed by atoms with Gasteiger partial charge in [0.25, 0.3) is 0 Å². The number of benzene rings is 3. The number of hydrogen-bond acceptors (Lipinski definition) is 7. The van der Waals surface area contributed by atoms with Crippen molar-refractivity contribution in [3.05, 3.63) is 70.8 Å². The molecule has 3 aromatic rings. The van der Waals surface area contributed by atoms with Crippen LogP contribution in [0.5, 0.6) is 17.2 Å². The number of aromatic hydroxyl groups is 2. The SMILES string of the molecule is COc1ccc(Nc2ccc(O)c3c2C(=O)c2c(N)ccc(O)c2C3=O)cc1. The summed E-state index contributed by atoms with van der Waals surface area (Å²) in [5.74, 6) is -1.25. The van der Waals surface area contributed by atoms with Crippen LogP contribution in [0, 0.1) is 0 Å². The number of phenolic OH excluding ortho intramolecular Hbond substituents is 2. The Bertz CT molecular complexity index is 1140. The molecule has 140 valence electrons. The summed E-state index contributed by atoms with van der Waals surface area (Å²) in [5, 5.41) is 23.4. The van der Waals surface area contributed by atoms with Crippen LogP contribution in [-0.4, -0.2) is 28.9 Å². The maximum atomic E-state index is 13.2. The summed E-state index contributed by atoms with van der Waals surface area (Å²) in [6.45, 7) is 0. The summed E-state index contributed by atoms with van der Waals surface area (Å²) in [7, 11) is 1.56. The van der Waals surface area contributed by atoms with Crippen LogP contribution >= 0.6 is 0 Å². The van der Waals surface area contributed by atoms with Crippen LogP contribution < -0.4 is 15.8 Å². The van der Waals surface area contributed by atoms with Crippen molar-refractivity contribution in [2.45, 2.75) is 0 Å². The fraction of sp³-hybridized carbons (Fsp3) is 0.0476. The second kappa shape index (κ2) is 6.31. The minimum Gasteiger partial charge on any atom is -0.507 e. The van der Waals surface area contributed by atoms with E-state index in [1.54, 1.807) is 31.4 Å². The average Bonchev–Trinajstić information content (AvgIpc) is 2.69. The standard InChI is InChI=1S/C21H16N2O5/c1-28-11-4-2-10(3-5-11)23-13-7-9-15(25)19-17(13)20(26)16-12(22)6-8-14(24)18(16)21(19)27/h2-9,23-25H,22H2,1H3. The second-order valence-corrected chi connectivity index (χ2v) is 6.32. The third-order valence-electron chi connectivity index (χ3n) is 4.68. The van der Waals surface area contributed by atoms with Gasteiger partial charge in [-0.05, 0) is 48.5 Å². The molecule has 0 amide bonds. The third-order valence-corrected chi connectivity index (χ3v) is 4.68. The first-order valence-corrected chi connectivity index (χ1v) is 8.40. The van der Waals surface area contributed by atoms with Gasteiger partial charge >= 0.3 is 0 Å². The number of nitrogens with one attached hydrogen (secondary N) is 1. The minimum atomic E-state index is -0.662. The molecule has 5 N–H and O–H groups in total. The van der Waals surface area contributed by atoms with Crippen LogP contribution in [0.2, 0.25) is 0 Å². The van der Waals surface area contributed by atoms with Crippen molar-refractivity contribution in [1.29, 1.82) is 0 Å². The number of ether oxygens (including phenoxy) is 1. The zero-order chi connectivity index (χ0) is 20.0. The quantitative estimate of drug-likeness (QED) is 0.320. The van der Waals surface area contributed by atoms with Gasteiger partial charge in [-0.2, -0.15) is 0 Å². The zero-order valence-corrected chi connectivity index (χ0v) is 14.8. The summed E-state index contributed by atoms with van der Waals surface area (Å²) < 4.78 is 5.12. The van der Waals surface area contributed by atoms with Crippen molar-refractivity contribution in [2.75, 3.05) is 18.2 Å². The Balaban J connectivity index is 1.88. The fourth-order valence-corrected chi connectivity index (χ4v) is 3.32. The molecule has 0 heterocycles. The number of nitrogens with two attached hydrogens (primary N) is 1. The van der Waals surface area contributed by atoms with Crippen LogP contribution in [0.25, 0.3) is 0 Å². The van der Waals surface area contributed by atoms with Gasteiger partial charge in [0.1, 0.15) is 17.2 Å². The number of ketones is 2. The molecule has 4 rings (SSSR count). The van der Waals surface area contributed by atoms with E-state index in [0.29, 0.717) is 17.1 Å². The van der Waals surface area contributed by atoms with E-state index in [2.05, 4.69) is 5.32 Å². The molecule has 0 radical (unpaired) electrons. The van der Waals surface area contributed by atoms with Crippen LogP contribution in [0.15, 0.2) is 48.5 Å². The van der Waals surface area contributed by atoms with Gasteiger partial charge in [0, 0.05) is 11.4 Å². The molecule has 0 spiro atoms. The molecule has 0 aromatic heterocycles. The fourth-order valence-electron chi connectivity index (χ4n) is 3.32. The van der Waals surface area contributed by atoms with Gasteiger partial charge in [-0.25, -0.2) is 0 Å². The lowest BCUT2D eigenvalue weighted by molar-refractivity contribution is 0.0975. The van der Waals surface area contributed by atoms with E-state index in [1.165, 1.54) is 24.3 Å². The number of nitrogen functional groups attached to an aromatic ring is 1. The summed E-state index contributed by atoms with van der Waals surface area (Å²) in [6, 6.07) is 12.4. The van der Waals surface area contributed by atoms with Gasteiger partial charge < -0.3 is 26.0 Å². The molecule has 0 saturated heterocycles. The van der Waals surface area contributed by atoms with Crippen molar-refractivity contribution < 1.29 is 24.5 Å². The predicted molar refractivity (Wildman–Crippen MR) is 104 cm³/mol. The first-order valence-electron chi connectivity index (χ1n) is 8.40. The summed E-state index contributed by atoms with van der Waals surface area (Å²) in [6.07, 6.45) is 0. The molecule has 1 aliphatic carbocycles. The second-order valence-electron chi connectivity index (χ2n) is 6.32. The van der Waals surface area contributed by atoms with E-state index < -0.39 is 11.6 Å². The molecule has 0 atom stereocenters. The maximum absolute atomic E-state index is 13.2. The van der Waals surface area contributed by atoms with Crippen LogP contribution in [0.1, 0.15) is 31.8 Å². The van der Waals surface area contributed by atoms with E-state index in [-0.39, 0.29) is 39.4 Å². The number of phenols is 2. The van der Waals surface area contributed by atoms with E-state index in [0.717, 1.165) is 0 Å². The largest absolute Gasteiger partial charge is 0.507 e. The number of carbonyl (C=O) groups is 2. The number of anilines is 3. The average molecular weight is 376 g/mol. The lowest BCUT2D eigenvalue weighted by Gasteiger charge is -2.23. The third kappa shape index (κ3) is 2.52. The molecule has 3 aromatic carbocycles. The number of carbonyl (C=O) groups excluding carboxylic acids is 2. The lowest BCUT2D eigenvalue weighted by atomic mass is 9.81. The molecule has 0 bridgehead atoms.